The van der Waals surface area contributed by atoms with Crippen molar-refractivity contribution in [3.05, 3.63) is 72.9 Å². The van der Waals surface area contributed by atoms with Crippen molar-refractivity contribution in [2.45, 2.75) is 424 Å². The number of carboxylic acid groups (broad SMARTS) is 1. The number of quaternary nitrogens is 1. The second-order valence-electron chi connectivity index (χ2n) is 29.8. The lowest BCUT2D eigenvalue weighted by Gasteiger charge is -2.25. The van der Waals surface area contributed by atoms with Crippen LogP contribution in [0.5, 0.6) is 0 Å². The monoisotopic (exact) mass is 1360 g/mol. The van der Waals surface area contributed by atoms with Crippen LogP contribution in [0.15, 0.2) is 72.9 Å². The third-order valence-corrected chi connectivity index (χ3v) is 18.9. The van der Waals surface area contributed by atoms with Crippen LogP contribution < -0.4 is 0 Å². The summed E-state index contributed by atoms with van der Waals surface area (Å²) in [5.74, 6) is -1.97. The van der Waals surface area contributed by atoms with Gasteiger partial charge in [0, 0.05) is 12.8 Å². The first-order chi connectivity index (χ1) is 47.6. The molecule has 0 aliphatic heterocycles. The van der Waals surface area contributed by atoms with E-state index >= 15 is 0 Å². The first-order valence-corrected chi connectivity index (χ1v) is 42.1. The van der Waals surface area contributed by atoms with Crippen LogP contribution in [0.1, 0.15) is 412 Å². The molecule has 0 aliphatic rings. The van der Waals surface area contributed by atoms with E-state index in [1.807, 2.05) is 21.1 Å². The molecule has 9 nitrogen and oxygen atoms in total. The van der Waals surface area contributed by atoms with E-state index in [9.17, 15) is 19.5 Å². The van der Waals surface area contributed by atoms with Crippen molar-refractivity contribution in [3.8, 4) is 0 Å². The largest absolute Gasteiger partial charge is 0.477 e. The summed E-state index contributed by atoms with van der Waals surface area (Å²) >= 11 is 0. The normalized spacial score (nSPS) is 13.0. The highest BCUT2D eigenvalue weighted by atomic mass is 16.7. The number of allylic oxidation sites excluding steroid dienone is 12. The van der Waals surface area contributed by atoms with Gasteiger partial charge < -0.3 is 28.5 Å². The second-order valence-corrected chi connectivity index (χ2v) is 29.8. The van der Waals surface area contributed by atoms with E-state index in [2.05, 4.69) is 86.8 Å². The third-order valence-electron chi connectivity index (χ3n) is 18.9. The van der Waals surface area contributed by atoms with E-state index in [4.69, 9.17) is 18.9 Å². The minimum absolute atomic E-state index is 0.177. The van der Waals surface area contributed by atoms with Crippen molar-refractivity contribution in [1.29, 1.82) is 0 Å². The summed E-state index contributed by atoms with van der Waals surface area (Å²) in [6, 6.07) is 0. The predicted molar refractivity (Wildman–Crippen MR) is 420 cm³/mol. The van der Waals surface area contributed by atoms with E-state index in [1.165, 1.54) is 315 Å². The minimum Gasteiger partial charge on any atom is -0.477 e. The van der Waals surface area contributed by atoms with Gasteiger partial charge in [0.05, 0.1) is 34.4 Å². The molecule has 97 heavy (non-hydrogen) atoms. The van der Waals surface area contributed by atoms with Gasteiger partial charge in [-0.05, 0) is 83.5 Å². The topological polar surface area (TPSA) is 108 Å². The van der Waals surface area contributed by atoms with Gasteiger partial charge in [-0.3, -0.25) is 9.59 Å². The zero-order chi connectivity index (χ0) is 70.4. The highest BCUT2D eigenvalue weighted by Gasteiger charge is 2.25. The van der Waals surface area contributed by atoms with Crippen molar-refractivity contribution in [2.24, 2.45) is 0 Å². The van der Waals surface area contributed by atoms with E-state index in [0.29, 0.717) is 17.4 Å². The maximum atomic E-state index is 13.0. The van der Waals surface area contributed by atoms with Gasteiger partial charge in [-0.25, -0.2) is 4.79 Å². The Morgan fingerprint density at radius 3 is 0.876 bits per heavy atom. The Morgan fingerprint density at radius 1 is 0.320 bits per heavy atom. The van der Waals surface area contributed by atoms with Gasteiger partial charge in [0.25, 0.3) is 6.29 Å². The van der Waals surface area contributed by atoms with Crippen molar-refractivity contribution in [3.63, 3.8) is 0 Å². The molecule has 0 radical (unpaired) electrons. The van der Waals surface area contributed by atoms with Crippen LogP contribution in [0.4, 0.5) is 0 Å². The number of ether oxygens (including phenoxy) is 4. The standard InChI is InChI=1S/C88H161NO8/c1-6-8-10-12-14-16-18-20-22-24-26-28-30-32-34-36-38-40-41-42-43-44-45-47-49-51-53-55-57-59-61-63-65-67-69-71-73-75-77-79-86(91)97-84(83-96-88(87(92)93)94-81-80-89(3,4)5)82-95-85(90)78-76-74-72-70-68-66-64-62-60-58-56-54-52-50-48-46-39-37-35-33-31-29-27-25-23-21-19-17-15-13-11-9-7-2/h8,10,14,16,19-22,25-28,84,88H,6-7,9,11-13,15,17-18,23-24,29-83H2,1-5H3/p+1/b10-8-,16-14-,21-19-,22-20-,27-25-,28-26-. The van der Waals surface area contributed by atoms with Crippen LogP contribution in [0, 0.1) is 0 Å². The molecule has 2 unspecified atom stereocenters. The molecule has 0 amide bonds. The molecule has 0 aromatic heterocycles. The second kappa shape index (κ2) is 78.4. The summed E-state index contributed by atoms with van der Waals surface area (Å²) in [5, 5.41) is 9.78. The van der Waals surface area contributed by atoms with Gasteiger partial charge in [-0.1, -0.05) is 389 Å². The predicted octanol–water partition coefficient (Wildman–Crippen LogP) is 27.2. The summed E-state index contributed by atoms with van der Waals surface area (Å²) in [7, 11) is 6.00. The summed E-state index contributed by atoms with van der Waals surface area (Å²) < 4.78 is 23.1. The molecule has 2 atom stereocenters. The van der Waals surface area contributed by atoms with Crippen LogP contribution in [-0.2, 0) is 33.3 Å². The van der Waals surface area contributed by atoms with Crippen LogP contribution >= 0.6 is 0 Å². The highest BCUT2D eigenvalue weighted by molar-refractivity contribution is 5.71. The molecule has 0 saturated heterocycles. The third kappa shape index (κ3) is 79.9. The molecule has 0 saturated carbocycles. The van der Waals surface area contributed by atoms with E-state index < -0.39 is 18.4 Å². The van der Waals surface area contributed by atoms with Crippen LogP contribution in [0.25, 0.3) is 0 Å². The fourth-order valence-electron chi connectivity index (χ4n) is 12.6. The van der Waals surface area contributed by atoms with E-state index in [0.717, 1.165) is 70.6 Å². The number of carbonyl (C=O) groups is 3. The van der Waals surface area contributed by atoms with Crippen molar-refractivity contribution in [1.82, 2.24) is 0 Å². The average molecular weight is 1360 g/mol. The maximum absolute atomic E-state index is 13.0. The fourth-order valence-corrected chi connectivity index (χ4v) is 12.6. The number of hydrogen-bond acceptors (Lipinski definition) is 7. The number of likely N-dealkylation sites (N-methyl/N-ethyl adjacent to an activating group) is 1. The van der Waals surface area contributed by atoms with Gasteiger partial charge in [-0.2, -0.15) is 0 Å². The zero-order valence-electron chi connectivity index (χ0n) is 65.0. The maximum Gasteiger partial charge on any atom is 0.361 e. The highest BCUT2D eigenvalue weighted by Crippen LogP contribution is 2.20. The molecule has 0 aliphatic carbocycles. The number of unbranched alkanes of at least 4 members (excludes halogenated alkanes) is 52. The Hall–Kier alpha value is -3.27. The molecule has 1 N–H and O–H groups in total. The van der Waals surface area contributed by atoms with Gasteiger partial charge >= 0.3 is 17.9 Å². The molecule has 0 fully saturated rings. The Balaban J connectivity index is 3.94. The van der Waals surface area contributed by atoms with Crippen molar-refractivity contribution in [2.75, 3.05) is 47.5 Å². The minimum atomic E-state index is -1.51. The van der Waals surface area contributed by atoms with E-state index in [-0.39, 0.29) is 38.2 Å². The number of rotatable bonds is 79. The fraction of sp³-hybridized carbons (Fsp3) is 0.830. The Kier molecular flexibility index (Phi) is 75.8. The number of carboxylic acids is 1. The van der Waals surface area contributed by atoms with Gasteiger partial charge in [0.1, 0.15) is 13.2 Å². The number of aliphatic carboxylic acids is 1. The lowest BCUT2D eigenvalue weighted by molar-refractivity contribution is -0.870. The number of esters is 2. The van der Waals surface area contributed by atoms with Crippen molar-refractivity contribution >= 4 is 17.9 Å². The summed E-state index contributed by atoms with van der Waals surface area (Å²) in [6.07, 6.45) is 104. The molecule has 0 rings (SSSR count). The van der Waals surface area contributed by atoms with Crippen molar-refractivity contribution < 1.29 is 42.9 Å². The first-order valence-electron chi connectivity index (χ1n) is 42.1. The molecule has 9 heteroatoms. The molecule has 0 heterocycles. The van der Waals surface area contributed by atoms with Crippen LogP contribution in [0.3, 0.4) is 0 Å². The summed E-state index contributed by atoms with van der Waals surface area (Å²) in [6.45, 7) is 4.82. The Bertz CT molecular complexity index is 1830. The van der Waals surface area contributed by atoms with E-state index in [1.54, 1.807) is 0 Å². The van der Waals surface area contributed by atoms with Crippen LogP contribution in [-0.4, -0.2) is 87.4 Å². The molecule has 0 aromatic carbocycles. The number of hydrogen-bond donors (Lipinski definition) is 1. The number of nitrogens with zero attached hydrogens (tertiary/aromatic N) is 1. The molecular formula is C88H162NO8+. The lowest BCUT2D eigenvalue weighted by atomic mass is 10.0. The molecule has 0 bridgehead atoms. The van der Waals surface area contributed by atoms with Gasteiger partial charge in [0.15, 0.2) is 6.10 Å². The average Bonchev–Trinajstić information content (AvgIpc) is 2.39. The summed E-state index contributed by atoms with van der Waals surface area (Å²) in [5.41, 5.74) is 0. The number of carbonyl (C=O) groups excluding carboxylic acids is 2. The molecule has 566 valence electrons. The molecular weight excluding hydrogens is 1200 g/mol. The Labute approximate surface area is 602 Å². The molecule has 0 aromatic rings. The first kappa shape index (κ1) is 93.7. The molecule has 0 spiro atoms. The smallest absolute Gasteiger partial charge is 0.361 e. The van der Waals surface area contributed by atoms with Gasteiger partial charge in [0.2, 0.25) is 0 Å². The van der Waals surface area contributed by atoms with Crippen LogP contribution in [0.2, 0.25) is 0 Å². The Morgan fingerprint density at radius 2 is 0.588 bits per heavy atom. The zero-order valence-corrected chi connectivity index (χ0v) is 65.0. The SMILES string of the molecule is CC/C=C\C/C=C\C/C=C\C/C=C\CCCCCCCCCCCCCCCCCCCCCCCCCCCCC(=O)OC(COC(=O)CCCCCCCCCCCCCCCCCCCCCCC/C=C\C/C=C\CCCCCCC)COC(OCC[N+](C)(C)C)C(=O)O. The van der Waals surface area contributed by atoms with Gasteiger partial charge in [-0.15, -0.1) is 0 Å². The lowest BCUT2D eigenvalue weighted by Crippen LogP contribution is -2.40. The summed E-state index contributed by atoms with van der Waals surface area (Å²) in [4.78, 5) is 37.8. The quantitative estimate of drug-likeness (QED) is 0.0211.